The molecule has 32 heavy (non-hydrogen) atoms. The van der Waals surface area contributed by atoms with Crippen molar-refractivity contribution in [1.82, 2.24) is 9.80 Å². The number of hydrogen-bond acceptors (Lipinski definition) is 6. The van der Waals surface area contributed by atoms with Gasteiger partial charge in [0.05, 0.1) is 23.1 Å². The Labute approximate surface area is 194 Å². The van der Waals surface area contributed by atoms with Crippen molar-refractivity contribution < 1.29 is 19.4 Å². The Kier molecular flexibility index (Phi) is 8.47. The molecule has 0 saturated carbocycles. The fourth-order valence-electron chi connectivity index (χ4n) is 3.90. The van der Waals surface area contributed by atoms with E-state index >= 15 is 0 Å². The zero-order valence-electron chi connectivity index (χ0n) is 19.0. The van der Waals surface area contributed by atoms with Crippen molar-refractivity contribution in [3.05, 3.63) is 63.6 Å². The number of unbranched alkanes of at least 4 members (excludes halogenated alkanes) is 1. The van der Waals surface area contributed by atoms with Crippen molar-refractivity contribution in [2.75, 3.05) is 32.8 Å². The molecule has 0 saturated heterocycles. The summed E-state index contributed by atoms with van der Waals surface area (Å²) in [6, 6.07) is 10.4. The van der Waals surface area contributed by atoms with Crippen LogP contribution >= 0.6 is 11.3 Å². The Hall–Kier alpha value is -2.64. The molecule has 0 fully saturated rings. The van der Waals surface area contributed by atoms with Crippen LogP contribution in [0, 0.1) is 0 Å². The average molecular weight is 457 g/mol. The predicted octanol–water partition coefficient (Wildman–Crippen LogP) is 4.85. The Balaban J connectivity index is 1.97. The summed E-state index contributed by atoms with van der Waals surface area (Å²) >= 11 is 1.30. The number of carbonyl (C=O) groups is 2. The number of aliphatic hydroxyl groups excluding tert-OH is 1. The topological polar surface area (TPSA) is 70.1 Å². The number of carbonyl (C=O) groups excluding carboxylic acids is 2. The van der Waals surface area contributed by atoms with E-state index in [1.165, 1.54) is 11.3 Å². The number of benzene rings is 1. The molecule has 1 atom stereocenters. The molecule has 2 heterocycles. The Morgan fingerprint density at radius 3 is 2.62 bits per heavy atom. The number of hydrogen-bond donors (Lipinski definition) is 1. The van der Waals surface area contributed by atoms with E-state index in [1.54, 1.807) is 17.0 Å². The van der Waals surface area contributed by atoms with E-state index in [-0.39, 0.29) is 11.4 Å². The lowest BCUT2D eigenvalue weighted by molar-refractivity contribution is -0.129. The van der Waals surface area contributed by atoms with Crippen LogP contribution in [0.2, 0.25) is 0 Å². The molecule has 1 amide bonds. The number of amides is 1. The molecule has 7 heteroatoms. The lowest BCUT2D eigenvalue weighted by Crippen LogP contribution is -2.38. The van der Waals surface area contributed by atoms with E-state index in [1.807, 2.05) is 29.6 Å². The molecular formula is C25H32N2O4S. The Morgan fingerprint density at radius 1 is 1.19 bits per heavy atom. The molecule has 1 N–H and O–H groups in total. The van der Waals surface area contributed by atoms with Crippen LogP contribution in [0.15, 0.2) is 53.1 Å². The Bertz CT molecular complexity index is 951. The van der Waals surface area contributed by atoms with Gasteiger partial charge in [0.25, 0.3) is 5.91 Å². The molecule has 6 nitrogen and oxygen atoms in total. The third-order valence-corrected chi connectivity index (χ3v) is 6.65. The summed E-state index contributed by atoms with van der Waals surface area (Å²) in [5.41, 5.74) is 0.901. The maximum atomic E-state index is 13.3. The molecule has 172 valence electrons. The van der Waals surface area contributed by atoms with Gasteiger partial charge in [-0.2, -0.15) is 0 Å². The fourth-order valence-corrected chi connectivity index (χ4v) is 4.58. The number of thiophene rings is 1. The molecule has 0 radical (unpaired) electrons. The summed E-state index contributed by atoms with van der Waals surface area (Å²) in [6.07, 6.45) is 1.98. The van der Waals surface area contributed by atoms with Crippen LogP contribution in [0.4, 0.5) is 0 Å². The highest BCUT2D eigenvalue weighted by molar-refractivity contribution is 7.12. The van der Waals surface area contributed by atoms with Gasteiger partial charge in [-0.05, 0) is 48.7 Å². The minimum absolute atomic E-state index is 0.141. The third-order valence-electron chi connectivity index (χ3n) is 5.79. The normalized spacial score (nSPS) is 16.3. The van der Waals surface area contributed by atoms with Gasteiger partial charge in [-0.1, -0.05) is 45.4 Å². The molecule has 0 spiro atoms. The molecule has 2 aromatic rings. The van der Waals surface area contributed by atoms with Crippen LogP contribution in [-0.2, 0) is 4.79 Å². The van der Waals surface area contributed by atoms with Gasteiger partial charge < -0.3 is 19.6 Å². The van der Waals surface area contributed by atoms with Crippen molar-refractivity contribution in [2.45, 2.75) is 39.7 Å². The van der Waals surface area contributed by atoms with Crippen molar-refractivity contribution in [3.8, 4) is 5.75 Å². The summed E-state index contributed by atoms with van der Waals surface area (Å²) in [4.78, 5) is 30.7. The molecule has 1 aromatic carbocycles. The fraction of sp³-hybridized carbons (Fsp3) is 0.440. The van der Waals surface area contributed by atoms with Crippen LogP contribution in [0.3, 0.4) is 0 Å². The standard InChI is InChI=1S/C25H32N2O4S/c1-4-7-15-31-19-11-8-10-18(17-19)22-21(23(28)20-12-9-16-32-20)24(29)25(30)27(22)14-13-26(5-2)6-3/h8-12,16-17,22,29H,4-7,13-15H2,1-3H3. The zero-order chi connectivity index (χ0) is 23.1. The van der Waals surface area contributed by atoms with E-state index in [2.05, 4.69) is 25.7 Å². The molecule has 0 aliphatic carbocycles. The van der Waals surface area contributed by atoms with Gasteiger partial charge in [0.2, 0.25) is 5.78 Å². The SMILES string of the molecule is CCCCOc1cccc(C2C(C(=O)c3cccs3)=C(O)C(=O)N2CCN(CC)CC)c1. The summed E-state index contributed by atoms with van der Waals surface area (Å²) in [5.74, 6) is -0.565. The third kappa shape index (κ3) is 5.22. The van der Waals surface area contributed by atoms with Crippen molar-refractivity contribution in [1.29, 1.82) is 0 Å². The van der Waals surface area contributed by atoms with Gasteiger partial charge in [-0.3, -0.25) is 9.59 Å². The number of rotatable bonds is 12. The number of ether oxygens (including phenoxy) is 1. The number of aliphatic hydroxyl groups is 1. The molecule has 1 unspecified atom stereocenters. The first-order valence-corrected chi connectivity index (χ1v) is 12.2. The maximum Gasteiger partial charge on any atom is 0.290 e. The van der Waals surface area contributed by atoms with Crippen LogP contribution in [-0.4, -0.2) is 59.4 Å². The van der Waals surface area contributed by atoms with E-state index in [4.69, 9.17) is 4.74 Å². The average Bonchev–Trinajstić information content (AvgIpc) is 3.43. The van der Waals surface area contributed by atoms with Crippen molar-refractivity contribution in [2.24, 2.45) is 0 Å². The summed E-state index contributed by atoms with van der Waals surface area (Å²) in [7, 11) is 0. The number of nitrogens with zero attached hydrogens (tertiary/aromatic N) is 2. The van der Waals surface area contributed by atoms with E-state index < -0.39 is 17.7 Å². The van der Waals surface area contributed by atoms with E-state index in [0.717, 1.165) is 31.5 Å². The van der Waals surface area contributed by atoms with Gasteiger partial charge in [0.1, 0.15) is 5.75 Å². The Morgan fingerprint density at radius 2 is 1.97 bits per heavy atom. The number of ketones is 1. The monoisotopic (exact) mass is 456 g/mol. The molecule has 1 aliphatic heterocycles. The minimum Gasteiger partial charge on any atom is -0.503 e. The highest BCUT2D eigenvalue weighted by Gasteiger charge is 2.44. The van der Waals surface area contributed by atoms with Crippen LogP contribution < -0.4 is 4.74 Å². The summed E-state index contributed by atoms with van der Waals surface area (Å²) in [6.45, 7) is 9.67. The smallest absolute Gasteiger partial charge is 0.290 e. The molecule has 1 aliphatic rings. The number of likely N-dealkylation sites (N-methyl/N-ethyl adjacent to an activating group) is 1. The quantitative estimate of drug-likeness (QED) is 0.365. The highest BCUT2D eigenvalue weighted by atomic mass is 32.1. The summed E-state index contributed by atoms with van der Waals surface area (Å²) < 4.78 is 5.86. The second-order valence-corrected chi connectivity index (χ2v) is 8.72. The molecular weight excluding hydrogens is 424 g/mol. The highest BCUT2D eigenvalue weighted by Crippen LogP contribution is 2.40. The van der Waals surface area contributed by atoms with Crippen molar-refractivity contribution in [3.63, 3.8) is 0 Å². The van der Waals surface area contributed by atoms with E-state index in [9.17, 15) is 14.7 Å². The molecule has 0 bridgehead atoms. The number of Topliss-reactive ketones (excluding diaryl/α,β-unsaturated/α-hetero) is 1. The molecule has 3 rings (SSSR count). The maximum absolute atomic E-state index is 13.3. The largest absolute Gasteiger partial charge is 0.503 e. The van der Waals surface area contributed by atoms with Crippen LogP contribution in [0.25, 0.3) is 0 Å². The second-order valence-electron chi connectivity index (χ2n) is 7.77. The van der Waals surface area contributed by atoms with Crippen molar-refractivity contribution >= 4 is 23.0 Å². The first kappa shape index (κ1) is 24.0. The van der Waals surface area contributed by atoms with Gasteiger partial charge >= 0.3 is 0 Å². The van der Waals surface area contributed by atoms with Gasteiger partial charge in [-0.25, -0.2) is 0 Å². The van der Waals surface area contributed by atoms with Gasteiger partial charge in [0, 0.05) is 13.1 Å². The minimum atomic E-state index is -0.651. The first-order chi connectivity index (χ1) is 15.5. The lowest BCUT2D eigenvalue weighted by Gasteiger charge is -2.29. The zero-order valence-corrected chi connectivity index (χ0v) is 19.9. The lowest BCUT2D eigenvalue weighted by atomic mass is 9.95. The van der Waals surface area contributed by atoms with Crippen LogP contribution in [0.5, 0.6) is 5.75 Å². The van der Waals surface area contributed by atoms with Gasteiger partial charge in [-0.15, -0.1) is 11.3 Å². The van der Waals surface area contributed by atoms with E-state index in [0.29, 0.717) is 30.3 Å². The second kappa shape index (κ2) is 11.3. The predicted molar refractivity (Wildman–Crippen MR) is 127 cm³/mol. The van der Waals surface area contributed by atoms with Crippen LogP contribution in [0.1, 0.15) is 54.9 Å². The molecule has 1 aromatic heterocycles. The first-order valence-electron chi connectivity index (χ1n) is 11.3. The summed E-state index contributed by atoms with van der Waals surface area (Å²) in [5, 5.41) is 12.6. The van der Waals surface area contributed by atoms with Gasteiger partial charge in [0.15, 0.2) is 5.76 Å².